The van der Waals surface area contributed by atoms with Gasteiger partial charge in [0.25, 0.3) is 0 Å². The number of alkyl carbamates (subject to hydrolysis) is 1. The Labute approximate surface area is 166 Å². The Bertz CT molecular complexity index is 708. The van der Waals surface area contributed by atoms with Crippen LogP contribution in [0.4, 0.5) is 4.79 Å². The quantitative estimate of drug-likeness (QED) is 0.780. The van der Waals surface area contributed by atoms with Gasteiger partial charge in [-0.05, 0) is 57.6 Å². The summed E-state index contributed by atoms with van der Waals surface area (Å²) in [5.74, 6) is 0.215. The minimum atomic E-state index is -0.535. The molecule has 1 aromatic carbocycles. The molecule has 2 aliphatic carbocycles. The van der Waals surface area contributed by atoms with Gasteiger partial charge in [0.15, 0.2) is 0 Å². The van der Waals surface area contributed by atoms with Crippen LogP contribution in [0.15, 0.2) is 24.3 Å². The lowest BCUT2D eigenvalue weighted by Crippen LogP contribution is -2.54. The molecule has 27 heavy (non-hydrogen) atoms. The van der Waals surface area contributed by atoms with Gasteiger partial charge < -0.3 is 15.4 Å². The van der Waals surface area contributed by atoms with Crippen molar-refractivity contribution in [2.24, 2.45) is 5.92 Å². The van der Waals surface area contributed by atoms with Crippen LogP contribution in [0.1, 0.15) is 64.4 Å². The van der Waals surface area contributed by atoms with E-state index in [9.17, 15) is 9.59 Å². The highest BCUT2D eigenvalue weighted by Gasteiger charge is 2.47. The first-order valence-electron chi connectivity index (χ1n) is 9.72. The average molecular weight is 393 g/mol. The lowest BCUT2D eigenvalue weighted by Gasteiger charge is -2.31. The van der Waals surface area contributed by atoms with Crippen molar-refractivity contribution in [3.63, 3.8) is 0 Å². The van der Waals surface area contributed by atoms with Crippen molar-refractivity contribution in [3.05, 3.63) is 34.9 Å². The highest BCUT2D eigenvalue weighted by Crippen LogP contribution is 2.50. The molecule has 3 rings (SSSR count). The Hall–Kier alpha value is -1.75. The smallest absolute Gasteiger partial charge is 0.407 e. The molecular formula is C21H29ClN2O3. The van der Waals surface area contributed by atoms with Crippen LogP contribution < -0.4 is 10.6 Å². The van der Waals surface area contributed by atoms with E-state index in [1.807, 2.05) is 45.0 Å². The van der Waals surface area contributed by atoms with Gasteiger partial charge in [-0.3, -0.25) is 4.79 Å². The van der Waals surface area contributed by atoms with Gasteiger partial charge in [0.05, 0.1) is 5.54 Å². The Morgan fingerprint density at radius 1 is 1.22 bits per heavy atom. The van der Waals surface area contributed by atoms with E-state index in [1.165, 1.54) is 0 Å². The van der Waals surface area contributed by atoms with Crippen LogP contribution in [0.25, 0.3) is 0 Å². The summed E-state index contributed by atoms with van der Waals surface area (Å²) in [4.78, 5) is 24.8. The summed E-state index contributed by atoms with van der Waals surface area (Å²) in [6, 6.07) is 7.72. The summed E-state index contributed by atoms with van der Waals surface area (Å²) >= 11 is 6.27. The van der Waals surface area contributed by atoms with Crippen LogP contribution in [0, 0.1) is 5.92 Å². The van der Waals surface area contributed by atoms with Gasteiger partial charge in [0.1, 0.15) is 5.60 Å². The van der Waals surface area contributed by atoms with Crippen molar-refractivity contribution in [2.45, 2.75) is 69.9 Å². The number of carbonyl (C=O) groups excluding carboxylic acids is 2. The molecule has 0 aromatic heterocycles. The molecule has 0 bridgehead atoms. The molecule has 148 valence electrons. The summed E-state index contributed by atoms with van der Waals surface area (Å²) in [5, 5.41) is 6.80. The minimum Gasteiger partial charge on any atom is -0.444 e. The van der Waals surface area contributed by atoms with Crippen molar-refractivity contribution < 1.29 is 14.3 Å². The lowest BCUT2D eigenvalue weighted by atomic mass is 9.96. The monoisotopic (exact) mass is 392 g/mol. The standard InChI is InChI=1S/C21H29ClN2O3/c1-20(2,3)27-19(26)23-13-21(10-6-7-11-21)24-18(25)16-12-15(16)14-8-4-5-9-17(14)22/h4-5,8-9,15-16H,6-7,10-13H2,1-3H3,(H,23,26)(H,24,25). The number of carbonyl (C=O) groups is 2. The SMILES string of the molecule is CC(C)(C)OC(=O)NCC1(NC(=O)C2CC2c2ccccc2Cl)CCCC1. The van der Waals surface area contributed by atoms with Crippen molar-refractivity contribution in [3.8, 4) is 0 Å². The Kier molecular flexibility index (Phi) is 5.71. The fourth-order valence-corrected chi connectivity index (χ4v) is 4.19. The van der Waals surface area contributed by atoms with Crippen molar-refractivity contribution in [1.82, 2.24) is 10.6 Å². The second kappa shape index (κ2) is 7.70. The second-order valence-corrected chi connectivity index (χ2v) is 9.21. The summed E-state index contributed by atoms with van der Waals surface area (Å²) in [5.41, 5.74) is 0.139. The summed E-state index contributed by atoms with van der Waals surface area (Å²) < 4.78 is 5.32. The average Bonchev–Trinajstić information content (AvgIpc) is 3.24. The Morgan fingerprint density at radius 2 is 1.89 bits per heavy atom. The Morgan fingerprint density at radius 3 is 2.52 bits per heavy atom. The maximum absolute atomic E-state index is 12.8. The molecule has 2 unspecified atom stereocenters. The number of benzene rings is 1. The van der Waals surface area contributed by atoms with Crippen molar-refractivity contribution >= 4 is 23.6 Å². The van der Waals surface area contributed by atoms with Gasteiger partial charge in [-0.15, -0.1) is 0 Å². The zero-order valence-corrected chi connectivity index (χ0v) is 17.1. The van der Waals surface area contributed by atoms with Crippen LogP contribution in [-0.4, -0.2) is 29.7 Å². The number of nitrogens with one attached hydrogen (secondary N) is 2. The number of hydrogen-bond donors (Lipinski definition) is 2. The molecule has 0 radical (unpaired) electrons. The number of amides is 2. The summed E-state index contributed by atoms with van der Waals surface area (Å²) in [6.45, 7) is 5.90. The lowest BCUT2D eigenvalue weighted by molar-refractivity contribution is -0.124. The predicted octanol–water partition coefficient (Wildman–Crippen LogP) is 4.40. The zero-order valence-electron chi connectivity index (χ0n) is 16.3. The molecule has 2 amide bonds. The van der Waals surface area contributed by atoms with Crippen molar-refractivity contribution in [1.29, 1.82) is 0 Å². The molecule has 1 aromatic rings. The van der Waals surface area contributed by atoms with Crippen LogP contribution in [0.2, 0.25) is 5.02 Å². The number of halogens is 1. The second-order valence-electron chi connectivity index (χ2n) is 8.80. The molecule has 2 aliphatic rings. The fraction of sp³-hybridized carbons (Fsp3) is 0.619. The van der Waals surface area contributed by atoms with Crippen LogP contribution >= 0.6 is 11.6 Å². The minimum absolute atomic E-state index is 0.0381. The van der Waals surface area contributed by atoms with Crippen LogP contribution in [0.3, 0.4) is 0 Å². The van der Waals surface area contributed by atoms with Gasteiger partial charge in [0, 0.05) is 17.5 Å². The van der Waals surface area contributed by atoms with Crippen molar-refractivity contribution in [2.75, 3.05) is 6.54 Å². The van der Waals surface area contributed by atoms with Gasteiger partial charge in [-0.2, -0.15) is 0 Å². The molecule has 2 fully saturated rings. The molecule has 0 aliphatic heterocycles. The van der Waals surface area contributed by atoms with Gasteiger partial charge in [0.2, 0.25) is 5.91 Å². The van der Waals surface area contributed by atoms with Gasteiger partial charge >= 0.3 is 6.09 Å². The summed E-state index contributed by atoms with van der Waals surface area (Å²) in [7, 11) is 0. The molecule has 0 spiro atoms. The first-order chi connectivity index (χ1) is 12.7. The molecule has 2 N–H and O–H groups in total. The molecular weight excluding hydrogens is 364 g/mol. The highest BCUT2D eigenvalue weighted by atomic mass is 35.5. The van der Waals surface area contributed by atoms with E-state index in [2.05, 4.69) is 10.6 Å². The first-order valence-corrected chi connectivity index (χ1v) is 10.1. The Balaban J connectivity index is 1.57. The fourth-order valence-electron chi connectivity index (χ4n) is 3.91. The topological polar surface area (TPSA) is 67.4 Å². The van der Waals surface area contributed by atoms with E-state index in [-0.39, 0.29) is 23.3 Å². The van der Waals surface area contributed by atoms with E-state index in [1.54, 1.807) is 0 Å². The first kappa shape index (κ1) is 20.0. The highest BCUT2D eigenvalue weighted by molar-refractivity contribution is 6.31. The van der Waals surface area contributed by atoms with Gasteiger partial charge in [-0.25, -0.2) is 4.79 Å². The van der Waals surface area contributed by atoms with Crippen LogP contribution in [-0.2, 0) is 9.53 Å². The maximum atomic E-state index is 12.8. The van der Waals surface area contributed by atoms with E-state index in [0.29, 0.717) is 6.54 Å². The van der Waals surface area contributed by atoms with Gasteiger partial charge in [-0.1, -0.05) is 42.6 Å². The largest absolute Gasteiger partial charge is 0.444 e. The molecule has 5 nitrogen and oxygen atoms in total. The van der Waals surface area contributed by atoms with E-state index >= 15 is 0 Å². The normalized spacial score (nSPS) is 23.6. The molecule has 6 heteroatoms. The third kappa shape index (κ3) is 5.16. The predicted molar refractivity (Wildman–Crippen MR) is 106 cm³/mol. The third-order valence-corrected chi connectivity index (χ3v) is 5.70. The zero-order chi connectivity index (χ0) is 19.7. The van der Waals surface area contributed by atoms with E-state index in [4.69, 9.17) is 16.3 Å². The van der Waals surface area contributed by atoms with Crippen LogP contribution in [0.5, 0.6) is 0 Å². The molecule has 0 heterocycles. The summed E-state index contributed by atoms with van der Waals surface area (Å²) in [6.07, 6.45) is 4.23. The molecule has 0 saturated heterocycles. The van der Waals surface area contributed by atoms with E-state index in [0.717, 1.165) is 42.7 Å². The number of rotatable bonds is 5. The third-order valence-electron chi connectivity index (χ3n) is 5.35. The molecule has 2 atom stereocenters. The number of ether oxygens (including phenoxy) is 1. The molecule has 2 saturated carbocycles. The maximum Gasteiger partial charge on any atom is 0.407 e. The van der Waals surface area contributed by atoms with E-state index < -0.39 is 11.7 Å². The number of hydrogen-bond acceptors (Lipinski definition) is 3.